The Bertz CT molecular complexity index is 509. The molecule has 0 heterocycles. The molecule has 2 rings (SSSR count). The van der Waals surface area contributed by atoms with Crippen LogP contribution in [0.4, 0.5) is 11.4 Å². The van der Waals surface area contributed by atoms with Crippen LogP contribution < -0.4 is 5.32 Å². The minimum absolute atomic E-state index is 0.000477. The minimum Gasteiger partial charge on any atom is -0.394 e. The number of anilines is 1. The Kier molecular flexibility index (Phi) is 4.85. The maximum atomic E-state index is 11.2. The van der Waals surface area contributed by atoms with Crippen molar-refractivity contribution >= 4 is 34.0 Å². The van der Waals surface area contributed by atoms with Crippen molar-refractivity contribution in [3.8, 4) is 0 Å². The summed E-state index contributed by atoms with van der Waals surface area (Å²) in [7, 11) is 0. The molecule has 0 aliphatic heterocycles. The topological polar surface area (TPSA) is 75.4 Å². The molecule has 0 radical (unpaired) electrons. The number of hydrogen-bond donors (Lipinski definition) is 2. The standard InChI is InChI=1S/C14H19IN2O3/c1-10-3-2-6-14(8-10,9-18)16-12-5-4-11(15)7-13(12)17(19)20/h4-5,7,10,16,18H,2-3,6,8-9H2,1H3. The first kappa shape index (κ1) is 15.5. The number of nitro groups is 1. The number of rotatable bonds is 4. The van der Waals surface area contributed by atoms with Gasteiger partial charge in [-0.15, -0.1) is 0 Å². The zero-order valence-corrected chi connectivity index (χ0v) is 13.6. The van der Waals surface area contributed by atoms with Gasteiger partial charge in [0.1, 0.15) is 5.69 Å². The average Bonchev–Trinajstić information content (AvgIpc) is 2.40. The zero-order valence-electron chi connectivity index (χ0n) is 11.4. The normalized spacial score (nSPS) is 26.2. The molecule has 1 aliphatic carbocycles. The fraction of sp³-hybridized carbons (Fsp3) is 0.571. The van der Waals surface area contributed by atoms with Crippen molar-refractivity contribution in [2.45, 2.75) is 38.1 Å². The molecule has 0 spiro atoms. The highest BCUT2D eigenvalue weighted by Gasteiger charge is 2.35. The number of aliphatic hydroxyl groups is 1. The fourth-order valence-corrected chi connectivity index (χ4v) is 3.48. The minimum atomic E-state index is -0.435. The van der Waals surface area contributed by atoms with Crippen molar-refractivity contribution in [1.29, 1.82) is 0 Å². The molecule has 2 atom stereocenters. The highest BCUT2D eigenvalue weighted by Crippen LogP contribution is 2.37. The van der Waals surface area contributed by atoms with Gasteiger partial charge in [0.2, 0.25) is 0 Å². The number of nitro benzene ring substituents is 1. The second-order valence-corrected chi connectivity index (χ2v) is 6.93. The molecule has 1 aromatic rings. The van der Waals surface area contributed by atoms with Gasteiger partial charge in [-0.2, -0.15) is 0 Å². The van der Waals surface area contributed by atoms with Crippen molar-refractivity contribution in [3.05, 3.63) is 31.9 Å². The van der Waals surface area contributed by atoms with Crippen molar-refractivity contribution in [1.82, 2.24) is 0 Å². The SMILES string of the molecule is CC1CCCC(CO)(Nc2ccc(I)cc2[N+](=O)[O-])C1. The lowest BCUT2D eigenvalue weighted by Crippen LogP contribution is -2.46. The molecule has 0 bridgehead atoms. The average molecular weight is 390 g/mol. The molecule has 2 N–H and O–H groups in total. The summed E-state index contributed by atoms with van der Waals surface area (Å²) in [6, 6.07) is 5.13. The summed E-state index contributed by atoms with van der Waals surface area (Å²) in [6.45, 7) is 2.16. The summed E-state index contributed by atoms with van der Waals surface area (Å²) in [5.41, 5.74) is 0.136. The van der Waals surface area contributed by atoms with Gasteiger partial charge in [-0.25, -0.2) is 0 Å². The lowest BCUT2D eigenvalue weighted by Gasteiger charge is -2.40. The largest absolute Gasteiger partial charge is 0.394 e. The third-order valence-electron chi connectivity index (χ3n) is 3.95. The van der Waals surface area contributed by atoms with Gasteiger partial charge in [0.05, 0.1) is 17.1 Å². The number of benzene rings is 1. The first-order chi connectivity index (χ1) is 9.46. The number of halogens is 1. The Labute approximate surface area is 132 Å². The van der Waals surface area contributed by atoms with Crippen molar-refractivity contribution < 1.29 is 10.0 Å². The van der Waals surface area contributed by atoms with Gasteiger partial charge in [0.25, 0.3) is 5.69 Å². The summed E-state index contributed by atoms with van der Waals surface area (Å²) in [5.74, 6) is 0.520. The van der Waals surface area contributed by atoms with Gasteiger partial charge < -0.3 is 10.4 Å². The Morgan fingerprint density at radius 1 is 1.60 bits per heavy atom. The van der Waals surface area contributed by atoms with E-state index in [1.54, 1.807) is 12.1 Å². The van der Waals surface area contributed by atoms with E-state index in [4.69, 9.17) is 0 Å². The molecule has 110 valence electrons. The van der Waals surface area contributed by atoms with E-state index in [2.05, 4.69) is 34.8 Å². The van der Waals surface area contributed by atoms with Crippen LogP contribution in [0.5, 0.6) is 0 Å². The number of nitrogens with one attached hydrogen (secondary N) is 1. The van der Waals surface area contributed by atoms with E-state index in [-0.39, 0.29) is 17.2 Å². The summed E-state index contributed by atoms with van der Waals surface area (Å²) in [5, 5.41) is 24.2. The van der Waals surface area contributed by atoms with Gasteiger partial charge in [0, 0.05) is 9.64 Å². The molecule has 1 aromatic carbocycles. The van der Waals surface area contributed by atoms with Crippen molar-refractivity contribution in [2.24, 2.45) is 5.92 Å². The smallest absolute Gasteiger partial charge is 0.293 e. The third kappa shape index (κ3) is 3.41. The zero-order chi connectivity index (χ0) is 14.8. The second-order valence-electron chi connectivity index (χ2n) is 5.68. The third-order valence-corrected chi connectivity index (χ3v) is 4.62. The predicted molar refractivity (Wildman–Crippen MR) is 86.9 cm³/mol. The molecule has 0 amide bonds. The van der Waals surface area contributed by atoms with Crippen LogP contribution in [-0.2, 0) is 0 Å². The Morgan fingerprint density at radius 3 is 2.95 bits per heavy atom. The van der Waals surface area contributed by atoms with E-state index in [0.29, 0.717) is 11.6 Å². The van der Waals surface area contributed by atoms with E-state index >= 15 is 0 Å². The molecule has 2 unspecified atom stereocenters. The monoisotopic (exact) mass is 390 g/mol. The summed E-state index contributed by atoms with van der Waals surface area (Å²) < 4.78 is 0.829. The van der Waals surface area contributed by atoms with Crippen LogP contribution in [0.1, 0.15) is 32.6 Å². The summed E-state index contributed by atoms with van der Waals surface area (Å²) >= 11 is 2.06. The molecule has 1 aliphatic rings. The van der Waals surface area contributed by atoms with Crippen LogP contribution in [-0.4, -0.2) is 22.2 Å². The number of nitrogens with zero attached hydrogens (tertiary/aromatic N) is 1. The predicted octanol–water partition coefficient (Wildman–Crippen LogP) is 3.55. The summed E-state index contributed by atoms with van der Waals surface area (Å²) in [4.78, 5) is 10.8. The van der Waals surface area contributed by atoms with Crippen molar-refractivity contribution in [3.63, 3.8) is 0 Å². The second kappa shape index (κ2) is 6.26. The maximum absolute atomic E-state index is 11.2. The molecule has 0 saturated heterocycles. The van der Waals surface area contributed by atoms with Gasteiger partial charge in [-0.1, -0.05) is 19.8 Å². The Balaban J connectivity index is 2.30. The van der Waals surface area contributed by atoms with Crippen LogP contribution in [0.15, 0.2) is 18.2 Å². The molecule has 20 heavy (non-hydrogen) atoms. The van der Waals surface area contributed by atoms with E-state index in [1.165, 1.54) is 0 Å². The number of aliphatic hydroxyl groups excluding tert-OH is 1. The van der Waals surface area contributed by atoms with E-state index < -0.39 is 5.54 Å². The first-order valence-electron chi connectivity index (χ1n) is 6.79. The van der Waals surface area contributed by atoms with Crippen LogP contribution in [0, 0.1) is 19.6 Å². The van der Waals surface area contributed by atoms with E-state index in [1.807, 2.05) is 6.07 Å². The van der Waals surface area contributed by atoms with Gasteiger partial charge in [-0.3, -0.25) is 10.1 Å². The van der Waals surface area contributed by atoms with Gasteiger partial charge in [-0.05, 0) is 53.5 Å². The molecule has 1 fully saturated rings. The van der Waals surface area contributed by atoms with Crippen LogP contribution in [0.3, 0.4) is 0 Å². The van der Waals surface area contributed by atoms with Gasteiger partial charge in [0.15, 0.2) is 0 Å². The fourth-order valence-electron chi connectivity index (χ4n) is 3.00. The highest BCUT2D eigenvalue weighted by molar-refractivity contribution is 14.1. The molecular formula is C14H19IN2O3. The lowest BCUT2D eigenvalue weighted by atomic mass is 9.76. The summed E-state index contributed by atoms with van der Waals surface area (Å²) in [6.07, 6.45) is 3.87. The molecule has 0 aromatic heterocycles. The lowest BCUT2D eigenvalue weighted by molar-refractivity contribution is -0.384. The molecule has 1 saturated carbocycles. The van der Waals surface area contributed by atoms with Crippen LogP contribution >= 0.6 is 22.6 Å². The number of hydrogen-bond acceptors (Lipinski definition) is 4. The molecular weight excluding hydrogens is 371 g/mol. The quantitative estimate of drug-likeness (QED) is 0.469. The highest BCUT2D eigenvalue weighted by atomic mass is 127. The Hall–Kier alpha value is -0.890. The van der Waals surface area contributed by atoms with E-state index in [0.717, 1.165) is 29.3 Å². The van der Waals surface area contributed by atoms with Crippen LogP contribution in [0.25, 0.3) is 0 Å². The van der Waals surface area contributed by atoms with E-state index in [9.17, 15) is 15.2 Å². The first-order valence-corrected chi connectivity index (χ1v) is 7.87. The Morgan fingerprint density at radius 2 is 2.35 bits per heavy atom. The molecule has 5 nitrogen and oxygen atoms in total. The molecule has 6 heteroatoms. The van der Waals surface area contributed by atoms with Gasteiger partial charge >= 0.3 is 0 Å². The van der Waals surface area contributed by atoms with Crippen LogP contribution in [0.2, 0.25) is 0 Å². The maximum Gasteiger partial charge on any atom is 0.293 e. The van der Waals surface area contributed by atoms with Crippen molar-refractivity contribution in [2.75, 3.05) is 11.9 Å².